The van der Waals surface area contributed by atoms with Gasteiger partial charge in [-0.2, -0.15) is 0 Å². The van der Waals surface area contributed by atoms with Crippen molar-refractivity contribution in [1.82, 2.24) is 4.90 Å². The fourth-order valence-electron chi connectivity index (χ4n) is 0.153. The van der Waals surface area contributed by atoms with Crippen molar-refractivity contribution in [3.05, 3.63) is 0 Å². The summed E-state index contributed by atoms with van der Waals surface area (Å²) in [5.41, 5.74) is 0. The van der Waals surface area contributed by atoms with Crippen molar-refractivity contribution in [2.24, 2.45) is 0 Å². The summed E-state index contributed by atoms with van der Waals surface area (Å²) >= 11 is 5.22. The quantitative estimate of drug-likeness (QED) is 0.434. The van der Waals surface area contributed by atoms with Crippen molar-refractivity contribution in [2.75, 3.05) is 20.8 Å². The third-order valence-corrected chi connectivity index (χ3v) is 0.943. The van der Waals surface area contributed by atoms with E-state index in [9.17, 15) is 0 Å². The number of hydrogen-bond donors (Lipinski definition) is 0. The summed E-state index contributed by atoms with van der Waals surface area (Å²) in [5, 5.41) is 0. The molecule has 0 N–H and O–H groups in total. The van der Waals surface area contributed by atoms with Crippen LogP contribution in [0.1, 0.15) is 0 Å². The first-order valence-corrected chi connectivity index (χ1v) is 3.81. The molecule has 2 nitrogen and oxygen atoms in total. The van der Waals surface area contributed by atoms with Crippen LogP contribution in [0.3, 0.4) is 0 Å². The van der Waals surface area contributed by atoms with Crippen LogP contribution in [0.25, 0.3) is 0 Å². The van der Waals surface area contributed by atoms with E-state index in [0.717, 1.165) is 0 Å². The first-order valence-electron chi connectivity index (χ1n) is 1.89. The van der Waals surface area contributed by atoms with E-state index >= 15 is 0 Å². The van der Waals surface area contributed by atoms with E-state index in [0.29, 0.717) is 6.73 Å². The summed E-state index contributed by atoms with van der Waals surface area (Å²) in [7, 11) is 3.94. The van der Waals surface area contributed by atoms with Crippen LogP contribution in [0.15, 0.2) is 0 Å². The zero-order valence-corrected chi connectivity index (χ0v) is 6.20. The van der Waals surface area contributed by atoms with Crippen molar-refractivity contribution in [3.8, 4) is 0 Å². The van der Waals surface area contributed by atoms with Gasteiger partial charge in [0.15, 0.2) is 0 Å². The van der Waals surface area contributed by atoms with Crippen LogP contribution in [0, 0.1) is 0 Å². The molecular formula is C3H9ClNOP. The van der Waals surface area contributed by atoms with Gasteiger partial charge in [0.1, 0.15) is 14.9 Å². The Balaban J connectivity index is 2.68. The number of hydrogen-bond acceptors (Lipinski definition) is 2. The Bertz CT molecular complexity index is 43.9. The van der Waals surface area contributed by atoms with Crippen LogP contribution in [0.2, 0.25) is 0 Å². The second-order valence-corrected chi connectivity index (χ2v) is 2.34. The molecule has 0 saturated heterocycles. The maximum Gasteiger partial charge on any atom is 0.112 e. The molecule has 0 fully saturated rings. The van der Waals surface area contributed by atoms with Crippen molar-refractivity contribution >= 4 is 19.4 Å². The summed E-state index contributed by atoms with van der Waals surface area (Å²) in [6, 6.07) is 0. The minimum Gasteiger partial charge on any atom is -0.331 e. The minimum atomic E-state index is 0.0811. The molecule has 0 aliphatic heterocycles. The molecule has 4 heteroatoms. The highest BCUT2D eigenvalue weighted by molar-refractivity contribution is 7.64. The highest BCUT2D eigenvalue weighted by Gasteiger charge is 1.83. The Labute approximate surface area is 50.4 Å². The van der Waals surface area contributed by atoms with Crippen molar-refractivity contribution in [2.45, 2.75) is 0 Å². The normalized spacial score (nSPS) is 12.0. The molecule has 0 amide bonds. The summed E-state index contributed by atoms with van der Waals surface area (Å²) in [5.74, 6) is 0. The molecule has 1 atom stereocenters. The summed E-state index contributed by atoms with van der Waals surface area (Å²) in [6.45, 7) is 0.613. The lowest BCUT2D eigenvalue weighted by Crippen LogP contribution is -2.12. The van der Waals surface area contributed by atoms with E-state index in [4.69, 9.17) is 15.8 Å². The Kier molecular flexibility index (Phi) is 5.23. The lowest BCUT2D eigenvalue weighted by molar-refractivity contribution is 0.205. The molecule has 0 heterocycles. The average molecular weight is 142 g/mol. The number of nitrogens with zero attached hydrogens (tertiary/aromatic N) is 1. The first-order chi connectivity index (χ1) is 3.27. The molecule has 0 aliphatic carbocycles. The lowest BCUT2D eigenvalue weighted by atomic mass is 11.0. The van der Waals surface area contributed by atoms with Crippen molar-refractivity contribution in [3.63, 3.8) is 0 Å². The second-order valence-electron chi connectivity index (χ2n) is 1.43. The number of halogens is 1. The van der Waals surface area contributed by atoms with Gasteiger partial charge >= 0.3 is 0 Å². The van der Waals surface area contributed by atoms with E-state index in [1.165, 1.54) is 0 Å². The van der Waals surface area contributed by atoms with Crippen molar-refractivity contribution in [1.29, 1.82) is 0 Å². The standard InChI is InChI=1S/C3H9ClNOP/c1-5(2)3-6-7-4/h7H,3H2,1-2H3. The predicted octanol–water partition coefficient (Wildman–Crippen LogP) is 1.27. The van der Waals surface area contributed by atoms with Crippen LogP contribution >= 0.6 is 19.4 Å². The monoisotopic (exact) mass is 141 g/mol. The molecule has 1 unspecified atom stereocenters. The van der Waals surface area contributed by atoms with Crippen LogP contribution in [-0.2, 0) is 4.52 Å². The first kappa shape index (κ1) is 7.64. The van der Waals surface area contributed by atoms with Crippen molar-refractivity contribution < 1.29 is 4.52 Å². The van der Waals surface area contributed by atoms with E-state index < -0.39 is 0 Å². The van der Waals surface area contributed by atoms with Crippen LogP contribution < -0.4 is 0 Å². The maximum atomic E-state index is 5.22. The Morgan fingerprint density at radius 2 is 2.29 bits per heavy atom. The smallest absolute Gasteiger partial charge is 0.112 e. The molecular weight excluding hydrogens is 132 g/mol. The zero-order chi connectivity index (χ0) is 5.70. The molecule has 0 rings (SSSR count). The van der Waals surface area contributed by atoms with Gasteiger partial charge < -0.3 is 4.52 Å². The van der Waals surface area contributed by atoms with Gasteiger partial charge in [-0.3, -0.25) is 4.90 Å². The molecule has 0 saturated carbocycles. The summed E-state index contributed by atoms with van der Waals surface area (Å²) in [4.78, 5) is 1.91. The third-order valence-electron chi connectivity index (χ3n) is 0.377. The average Bonchev–Trinajstić information content (AvgIpc) is 1.61. The van der Waals surface area contributed by atoms with Gasteiger partial charge in [-0.1, -0.05) is 11.2 Å². The molecule has 44 valence electrons. The molecule has 0 aromatic carbocycles. The second kappa shape index (κ2) is 4.79. The van der Waals surface area contributed by atoms with Gasteiger partial charge in [-0.15, -0.1) is 0 Å². The van der Waals surface area contributed by atoms with Gasteiger partial charge in [0.2, 0.25) is 0 Å². The largest absolute Gasteiger partial charge is 0.331 e. The minimum absolute atomic E-state index is 0.0811. The zero-order valence-electron chi connectivity index (χ0n) is 4.44. The lowest BCUT2D eigenvalue weighted by Gasteiger charge is -2.05. The molecule has 0 spiro atoms. The maximum absolute atomic E-state index is 5.22. The Hall–Kier alpha value is 0.640. The van der Waals surface area contributed by atoms with Gasteiger partial charge in [-0.25, -0.2) is 0 Å². The van der Waals surface area contributed by atoms with Crippen LogP contribution in [0.5, 0.6) is 0 Å². The molecule has 7 heavy (non-hydrogen) atoms. The van der Waals surface area contributed by atoms with E-state index in [1.807, 2.05) is 19.0 Å². The summed E-state index contributed by atoms with van der Waals surface area (Å²) in [6.07, 6.45) is 0. The number of rotatable bonds is 3. The fraction of sp³-hybridized carbons (Fsp3) is 1.00. The van der Waals surface area contributed by atoms with E-state index in [2.05, 4.69) is 0 Å². The Morgan fingerprint density at radius 3 is 2.43 bits per heavy atom. The third kappa shape index (κ3) is 6.64. The predicted molar refractivity (Wildman–Crippen MR) is 33.8 cm³/mol. The van der Waals surface area contributed by atoms with Gasteiger partial charge in [0, 0.05) is 0 Å². The molecule has 0 radical (unpaired) electrons. The summed E-state index contributed by atoms with van der Waals surface area (Å²) < 4.78 is 4.81. The molecule has 0 aliphatic rings. The van der Waals surface area contributed by atoms with E-state index in [1.54, 1.807) is 0 Å². The molecule has 0 bridgehead atoms. The fourth-order valence-corrected chi connectivity index (χ4v) is 0.607. The van der Waals surface area contributed by atoms with Gasteiger partial charge in [-0.05, 0) is 14.1 Å². The van der Waals surface area contributed by atoms with E-state index in [-0.39, 0.29) is 8.16 Å². The van der Waals surface area contributed by atoms with Gasteiger partial charge in [0.05, 0.1) is 0 Å². The SMILES string of the molecule is CN(C)COPCl. The van der Waals surface area contributed by atoms with Gasteiger partial charge in [0.25, 0.3) is 0 Å². The highest BCUT2D eigenvalue weighted by Crippen LogP contribution is 2.15. The molecule has 0 aromatic rings. The molecule has 0 aromatic heterocycles. The van der Waals surface area contributed by atoms with Crippen LogP contribution in [0.4, 0.5) is 0 Å². The topological polar surface area (TPSA) is 12.5 Å². The highest BCUT2D eigenvalue weighted by atomic mass is 35.7. The van der Waals surface area contributed by atoms with Crippen LogP contribution in [-0.4, -0.2) is 25.7 Å². The Morgan fingerprint density at radius 1 is 1.71 bits per heavy atom.